The Balaban J connectivity index is 2.21. The van der Waals surface area contributed by atoms with Gasteiger partial charge in [0, 0.05) is 17.0 Å². The van der Waals surface area contributed by atoms with Crippen LogP contribution in [-0.4, -0.2) is 35.8 Å². The number of ether oxygens (including phenoxy) is 2. The number of hydrogen-bond donors (Lipinski definition) is 2. The highest BCUT2D eigenvalue weighted by molar-refractivity contribution is 14.1. The first-order valence-electron chi connectivity index (χ1n) is 7.95. The van der Waals surface area contributed by atoms with Crippen LogP contribution in [0, 0.1) is 5.92 Å². The molecular formula is C17H25IN2O4. The molecule has 0 saturated heterocycles. The molecule has 134 valence electrons. The van der Waals surface area contributed by atoms with E-state index in [2.05, 4.69) is 33.2 Å². The average Bonchev–Trinajstić information content (AvgIpc) is 2.58. The van der Waals surface area contributed by atoms with E-state index < -0.39 is 12.2 Å². The first-order valence-corrected chi connectivity index (χ1v) is 9.47. The summed E-state index contributed by atoms with van der Waals surface area (Å²) in [6.07, 6.45) is -0.273. The fourth-order valence-corrected chi connectivity index (χ4v) is 2.42. The van der Waals surface area contributed by atoms with Crippen molar-refractivity contribution in [2.24, 2.45) is 5.92 Å². The zero-order valence-corrected chi connectivity index (χ0v) is 16.2. The van der Waals surface area contributed by atoms with Gasteiger partial charge in [0.25, 0.3) is 0 Å². The van der Waals surface area contributed by atoms with Crippen LogP contribution in [0.2, 0.25) is 0 Å². The Kier molecular flexibility index (Phi) is 10.2. The van der Waals surface area contributed by atoms with Gasteiger partial charge in [-0.2, -0.15) is 0 Å². The van der Waals surface area contributed by atoms with Gasteiger partial charge in [-0.3, -0.25) is 0 Å². The maximum absolute atomic E-state index is 11.8. The summed E-state index contributed by atoms with van der Waals surface area (Å²) in [5.41, 5.74) is 0.938. The molecule has 0 bridgehead atoms. The Morgan fingerprint density at radius 2 is 1.83 bits per heavy atom. The van der Waals surface area contributed by atoms with Gasteiger partial charge in [-0.15, -0.1) is 0 Å². The van der Waals surface area contributed by atoms with Crippen LogP contribution in [-0.2, 0) is 16.1 Å². The summed E-state index contributed by atoms with van der Waals surface area (Å²) in [6.45, 7) is 5.02. The van der Waals surface area contributed by atoms with E-state index in [9.17, 15) is 9.59 Å². The summed E-state index contributed by atoms with van der Waals surface area (Å²) in [4.78, 5) is 23.3. The smallest absolute Gasteiger partial charge is 0.407 e. The minimum atomic E-state index is -0.456. The zero-order valence-electron chi connectivity index (χ0n) is 14.1. The van der Waals surface area contributed by atoms with E-state index in [4.69, 9.17) is 9.47 Å². The second kappa shape index (κ2) is 11.9. The number of alkyl halides is 1. The van der Waals surface area contributed by atoms with Crippen LogP contribution in [0.15, 0.2) is 30.3 Å². The lowest BCUT2D eigenvalue weighted by atomic mass is 10.2. The van der Waals surface area contributed by atoms with E-state index in [1.165, 1.54) is 0 Å². The van der Waals surface area contributed by atoms with Gasteiger partial charge in [0.1, 0.15) is 6.61 Å². The number of amides is 2. The molecule has 0 saturated carbocycles. The zero-order chi connectivity index (χ0) is 17.8. The van der Waals surface area contributed by atoms with Crippen LogP contribution in [0.3, 0.4) is 0 Å². The van der Waals surface area contributed by atoms with Gasteiger partial charge >= 0.3 is 12.2 Å². The Morgan fingerprint density at radius 1 is 1.12 bits per heavy atom. The van der Waals surface area contributed by atoms with Crippen molar-refractivity contribution < 1.29 is 19.1 Å². The summed E-state index contributed by atoms with van der Waals surface area (Å²) in [6, 6.07) is 9.43. The van der Waals surface area contributed by atoms with E-state index in [0.29, 0.717) is 25.5 Å². The minimum Gasteiger partial charge on any atom is -0.449 e. The Morgan fingerprint density at radius 3 is 2.46 bits per heavy atom. The fraction of sp³-hybridized carbons (Fsp3) is 0.529. The van der Waals surface area contributed by atoms with Crippen molar-refractivity contribution >= 4 is 34.8 Å². The quantitative estimate of drug-likeness (QED) is 0.448. The van der Waals surface area contributed by atoms with Crippen LogP contribution in [0.25, 0.3) is 0 Å². The van der Waals surface area contributed by atoms with Crippen LogP contribution in [0.1, 0.15) is 25.8 Å². The molecule has 1 aromatic carbocycles. The lowest BCUT2D eigenvalue weighted by Crippen LogP contribution is -2.39. The second-order valence-corrected chi connectivity index (χ2v) is 6.65. The van der Waals surface area contributed by atoms with Gasteiger partial charge in [-0.25, -0.2) is 9.59 Å². The summed E-state index contributed by atoms with van der Waals surface area (Å²) in [7, 11) is 0. The summed E-state index contributed by atoms with van der Waals surface area (Å²) in [5, 5.41) is 5.48. The van der Waals surface area contributed by atoms with Crippen molar-refractivity contribution in [1.29, 1.82) is 0 Å². The number of benzene rings is 1. The third kappa shape index (κ3) is 9.59. The van der Waals surface area contributed by atoms with Crippen LogP contribution >= 0.6 is 22.6 Å². The van der Waals surface area contributed by atoms with Gasteiger partial charge in [0.15, 0.2) is 0 Å². The highest BCUT2D eigenvalue weighted by Crippen LogP contribution is 2.02. The maximum atomic E-state index is 11.8. The van der Waals surface area contributed by atoms with Crippen molar-refractivity contribution in [1.82, 2.24) is 10.6 Å². The van der Waals surface area contributed by atoms with E-state index >= 15 is 0 Å². The average molecular weight is 448 g/mol. The molecule has 0 aliphatic carbocycles. The topological polar surface area (TPSA) is 76.7 Å². The molecule has 1 atom stereocenters. The first-order chi connectivity index (χ1) is 11.5. The first kappa shape index (κ1) is 20.5. The monoisotopic (exact) mass is 448 g/mol. The normalized spacial score (nSPS) is 11.7. The molecule has 24 heavy (non-hydrogen) atoms. The third-order valence-electron chi connectivity index (χ3n) is 3.03. The van der Waals surface area contributed by atoms with Crippen LogP contribution in [0.5, 0.6) is 0 Å². The molecule has 2 N–H and O–H groups in total. The highest BCUT2D eigenvalue weighted by atomic mass is 127. The standard InChI is InChI=1S/C17H25IN2O4/c1-13(2)11-23-16(21)19-9-8-15(10-18)20-17(22)24-12-14-6-4-3-5-7-14/h3-7,13,15H,8-12H2,1-2H3,(H,19,21)(H,20,22)/t15-/m1/s1. The van der Waals surface area contributed by atoms with Crippen molar-refractivity contribution in [3.63, 3.8) is 0 Å². The Hall–Kier alpha value is -1.51. The van der Waals surface area contributed by atoms with Gasteiger partial charge in [-0.1, -0.05) is 66.8 Å². The maximum Gasteiger partial charge on any atom is 0.407 e. The molecule has 0 aliphatic rings. The van der Waals surface area contributed by atoms with Crippen LogP contribution < -0.4 is 10.6 Å². The summed E-state index contributed by atoms with van der Waals surface area (Å²) < 4.78 is 10.9. The SMILES string of the molecule is CC(C)COC(=O)NCC[C@H](CI)NC(=O)OCc1ccccc1. The molecule has 1 aromatic rings. The molecule has 0 unspecified atom stereocenters. The lowest BCUT2D eigenvalue weighted by Gasteiger charge is -2.16. The Bertz CT molecular complexity index is 497. The minimum absolute atomic E-state index is 0.0701. The molecule has 1 rings (SSSR count). The van der Waals surface area contributed by atoms with Gasteiger partial charge < -0.3 is 20.1 Å². The highest BCUT2D eigenvalue weighted by Gasteiger charge is 2.13. The molecule has 0 heterocycles. The van der Waals surface area contributed by atoms with Crippen molar-refractivity contribution in [2.75, 3.05) is 17.6 Å². The molecule has 0 aliphatic heterocycles. The largest absolute Gasteiger partial charge is 0.449 e. The number of alkyl carbamates (subject to hydrolysis) is 2. The van der Waals surface area contributed by atoms with Crippen molar-refractivity contribution in [3.05, 3.63) is 35.9 Å². The number of hydrogen-bond acceptors (Lipinski definition) is 4. The number of nitrogens with one attached hydrogen (secondary N) is 2. The molecule has 7 heteroatoms. The molecule has 0 spiro atoms. The molecule has 0 aromatic heterocycles. The predicted molar refractivity (Wildman–Crippen MR) is 101 cm³/mol. The number of carbonyl (C=O) groups is 2. The second-order valence-electron chi connectivity index (χ2n) is 5.77. The number of carbonyl (C=O) groups excluding carboxylic acids is 2. The third-order valence-corrected chi connectivity index (χ3v) is 4.09. The van der Waals surface area contributed by atoms with E-state index in [1.807, 2.05) is 44.2 Å². The molecule has 2 amide bonds. The molecule has 0 radical (unpaired) electrons. The van der Waals surface area contributed by atoms with Gasteiger partial charge in [0.2, 0.25) is 0 Å². The van der Waals surface area contributed by atoms with E-state index in [0.717, 1.165) is 9.99 Å². The van der Waals surface area contributed by atoms with Crippen LogP contribution in [0.4, 0.5) is 9.59 Å². The molecule has 0 fully saturated rings. The van der Waals surface area contributed by atoms with E-state index in [1.54, 1.807) is 0 Å². The van der Waals surface area contributed by atoms with Crippen molar-refractivity contribution in [2.45, 2.75) is 32.9 Å². The van der Waals surface area contributed by atoms with Gasteiger partial charge in [0.05, 0.1) is 6.61 Å². The summed E-state index contributed by atoms with van der Waals surface area (Å²) in [5.74, 6) is 0.305. The number of halogens is 1. The summed E-state index contributed by atoms with van der Waals surface area (Å²) >= 11 is 2.19. The predicted octanol–water partition coefficient (Wildman–Crippen LogP) is 3.49. The molecular weight excluding hydrogens is 423 g/mol. The Labute approximate surface area is 156 Å². The number of rotatable bonds is 9. The lowest BCUT2D eigenvalue weighted by molar-refractivity contribution is 0.131. The molecule has 6 nitrogen and oxygen atoms in total. The fourth-order valence-electron chi connectivity index (χ4n) is 1.76. The van der Waals surface area contributed by atoms with Crippen molar-refractivity contribution in [3.8, 4) is 0 Å². The van der Waals surface area contributed by atoms with E-state index in [-0.39, 0.29) is 12.6 Å². The van der Waals surface area contributed by atoms with Gasteiger partial charge in [-0.05, 0) is 17.9 Å².